The van der Waals surface area contributed by atoms with Crippen LogP contribution in [0.25, 0.3) is 10.7 Å². The quantitative estimate of drug-likeness (QED) is 0.828. The molecule has 2 aromatic rings. The van der Waals surface area contributed by atoms with Crippen LogP contribution >= 0.6 is 11.3 Å². The van der Waals surface area contributed by atoms with E-state index < -0.39 is 0 Å². The van der Waals surface area contributed by atoms with Crippen molar-refractivity contribution in [1.29, 1.82) is 5.26 Å². The number of nitriles is 1. The van der Waals surface area contributed by atoms with Crippen molar-refractivity contribution >= 4 is 11.3 Å². The Balaban J connectivity index is 2.41. The molecule has 2 aromatic heterocycles. The van der Waals surface area contributed by atoms with Gasteiger partial charge in [0.1, 0.15) is 5.01 Å². The summed E-state index contributed by atoms with van der Waals surface area (Å²) in [6.07, 6.45) is 2.58. The molecular weight excluding hydrogens is 230 g/mol. The first kappa shape index (κ1) is 11.7. The molecule has 0 aliphatic rings. The Morgan fingerprint density at radius 3 is 2.88 bits per heavy atom. The summed E-state index contributed by atoms with van der Waals surface area (Å²) in [4.78, 5) is 9.85. The molecule has 3 nitrogen and oxygen atoms in total. The van der Waals surface area contributed by atoms with Gasteiger partial charge in [0.15, 0.2) is 0 Å². The van der Waals surface area contributed by atoms with Gasteiger partial charge in [0.2, 0.25) is 0 Å². The van der Waals surface area contributed by atoms with Gasteiger partial charge < -0.3 is 0 Å². The van der Waals surface area contributed by atoms with Crippen molar-refractivity contribution in [3.8, 4) is 16.8 Å². The molecule has 2 heterocycles. The smallest absolute Gasteiger partial charge is 0.142 e. The minimum Gasteiger partial charge on any atom is -0.254 e. The van der Waals surface area contributed by atoms with Gasteiger partial charge in [0, 0.05) is 11.1 Å². The van der Waals surface area contributed by atoms with Gasteiger partial charge in [-0.1, -0.05) is 13.0 Å². The highest BCUT2D eigenvalue weighted by Crippen LogP contribution is 2.32. The fourth-order valence-corrected chi connectivity index (χ4v) is 2.84. The van der Waals surface area contributed by atoms with Gasteiger partial charge in [0.25, 0.3) is 0 Å². The lowest BCUT2D eigenvalue weighted by molar-refractivity contribution is 0.824. The van der Waals surface area contributed by atoms with Crippen LogP contribution in [0.4, 0.5) is 0 Å². The SMILES string of the molecule is CCC(C#N)c1sc(-c2ccccn2)nc1C. The van der Waals surface area contributed by atoms with Crippen molar-refractivity contribution in [3.63, 3.8) is 0 Å². The Bertz CT molecular complexity index is 540. The molecule has 17 heavy (non-hydrogen) atoms. The maximum Gasteiger partial charge on any atom is 0.142 e. The summed E-state index contributed by atoms with van der Waals surface area (Å²) in [7, 11) is 0. The number of aryl methyl sites for hydroxylation is 1. The number of hydrogen-bond donors (Lipinski definition) is 0. The summed E-state index contributed by atoms with van der Waals surface area (Å²) in [6, 6.07) is 8.09. The summed E-state index contributed by atoms with van der Waals surface area (Å²) in [5.41, 5.74) is 1.82. The Morgan fingerprint density at radius 1 is 1.47 bits per heavy atom. The number of thiazole rings is 1. The second-order valence-electron chi connectivity index (χ2n) is 3.77. The van der Waals surface area contributed by atoms with E-state index in [2.05, 4.69) is 16.0 Å². The van der Waals surface area contributed by atoms with Gasteiger partial charge in [0.05, 0.1) is 23.4 Å². The lowest BCUT2D eigenvalue weighted by Gasteiger charge is -2.01. The molecule has 0 amide bonds. The summed E-state index contributed by atoms with van der Waals surface area (Å²) in [6.45, 7) is 3.98. The van der Waals surface area contributed by atoms with Crippen molar-refractivity contribution in [2.75, 3.05) is 0 Å². The van der Waals surface area contributed by atoms with Crippen LogP contribution in [0.1, 0.15) is 29.8 Å². The number of hydrogen-bond acceptors (Lipinski definition) is 4. The molecule has 0 spiro atoms. The number of aromatic nitrogens is 2. The molecule has 1 atom stereocenters. The number of rotatable bonds is 3. The zero-order chi connectivity index (χ0) is 12.3. The highest BCUT2D eigenvalue weighted by molar-refractivity contribution is 7.15. The van der Waals surface area contributed by atoms with E-state index in [1.54, 1.807) is 17.5 Å². The van der Waals surface area contributed by atoms with Gasteiger partial charge in [-0.25, -0.2) is 4.98 Å². The van der Waals surface area contributed by atoms with E-state index in [4.69, 9.17) is 5.26 Å². The monoisotopic (exact) mass is 243 g/mol. The molecule has 0 N–H and O–H groups in total. The van der Waals surface area contributed by atoms with Crippen LogP contribution in [0.5, 0.6) is 0 Å². The zero-order valence-corrected chi connectivity index (χ0v) is 10.7. The van der Waals surface area contributed by atoms with Gasteiger partial charge in [-0.05, 0) is 25.5 Å². The van der Waals surface area contributed by atoms with Crippen LogP contribution in [-0.4, -0.2) is 9.97 Å². The van der Waals surface area contributed by atoms with Gasteiger partial charge in [-0.2, -0.15) is 5.26 Å². The third-order valence-corrected chi connectivity index (χ3v) is 3.89. The Hall–Kier alpha value is -1.73. The standard InChI is InChI=1S/C13H13N3S/c1-3-10(8-14)12-9(2)16-13(17-12)11-6-4-5-7-15-11/h4-7,10H,3H2,1-2H3. The Morgan fingerprint density at radius 2 is 2.29 bits per heavy atom. The predicted octanol–water partition coefficient (Wildman–Crippen LogP) is 3.53. The van der Waals surface area contributed by atoms with Crippen molar-refractivity contribution in [2.24, 2.45) is 0 Å². The first-order valence-corrected chi connectivity index (χ1v) is 6.36. The third kappa shape index (κ3) is 2.34. The zero-order valence-electron chi connectivity index (χ0n) is 9.84. The summed E-state index contributed by atoms with van der Waals surface area (Å²) in [5.74, 6) is -0.0510. The van der Waals surface area contributed by atoms with E-state index in [0.29, 0.717) is 0 Å². The second kappa shape index (κ2) is 5.07. The summed E-state index contributed by atoms with van der Waals surface area (Å²) < 4.78 is 0. The fraction of sp³-hybridized carbons (Fsp3) is 0.308. The molecule has 1 unspecified atom stereocenters. The lowest BCUT2D eigenvalue weighted by Crippen LogP contribution is -1.92. The van der Waals surface area contributed by atoms with Crippen LogP contribution in [0.3, 0.4) is 0 Å². The second-order valence-corrected chi connectivity index (χ2v) is 4.80. The number of pyridine rings is 1. The molecule has 86 valence electrons. The maximum absolute atomic E-state index is 9.10. The average Bonchev–Trinajstić information content (AvgIpc) is 2.75. The van der Waals surface area contributed by atoms with Crippen LogP contribution < -0.4 is 0 Å². The molecule has 0 fully saturated rings. The first-order chi connectivity index (χ1) is 8.26. The van der Waals surface area contributed by atoms with E-state index in [1.165, 1.54) is 0 Å². The molecule has 0 aliphatic carbocycles. The highest BCUT2D eigenvalue weighted by Gasteiger charge is 2.17. The minimum atomic E-state index is -0.0510. The summed E-state index contributed by atoms with van der Waals surface area (Å²) >= 11 is 1.57. The van der Waals surface area contributed by atoms with E-state index >= 15 is 0 Å². The van der Waals surface area contributed by atoms with Crippen LogP contribution in [0.2, 0.25) is 0 Å². The van der Waals surface area contributed by atoms with Crippen LogP contribution in [-0.2, 0) is 0 Å². The molecular formula is C13H13N3S. The molecule has 0 bridgehead atoms. The molecule has 0 aliphatic heterocycles. The average molecular weight is 243 g/mol. The Kier molecular flexibility index (Phi) is 3.50. The number of nitrogens with zero attached hydrogens (tertiary/aromatic N) is 3. The lowest BCUT2D eigenvalue weighted by atomic mass is 10.1. The predicted molar refractivity (Wildman–Crippen MR) is 68.7 cm³/mol. The van der Waals surface area contributed by atoms with E-state index in [0.717, 1.165) is 27.7 Å². The summed E-state index contributed by atoms with van der Waals surface area (Å²) in [5, 5.41) is 9.99. The van der Waals surface area contributed by atoms with Gasteiger partial charge in [-0.3, -0.25) is 4.98 Å². The van der Waals surface area contributed by atoms with Gasteiger partial charge in [-0.15, -0.1) is 11.3 Å². The maximum atomic E-state index is 9.10. The first-order valence-electron chi connectivity index (χ1n) is 5.54. The van der Waals surface area contributed by atoms with Crippen LogP contribution in [0, 0.1) is 18.3 Å². The molecule has 0 radical (unpaired) electrons. The van der Waals surface area contributed by atoms with Crippen molar-refractivity contribution in [1.82, 2.24) is 9.97 Å². The van der Waals surface area contributed by atoms with Crippen molar-refractivity contribution in [3.05, 3.63) is 35.0 Å². The normalized spacial score (nSPS) is 12.1. The third-order valence-electron chi connectivity index (χ3n) is 2.60. The molecule has 4 heteroatoms. The largest absolute Gasteiger partial charge is 0.254 e. The van der Waals surface area contributed by atoms with Crippen molar-refractivity contribution < 1.29 is 0 Å². The van der Waals surface area contributed by atoms with Crippen LogP contribution in [0.15, 0.2) is 24.4 Å². The molecule has 0 saturated carbocycles. The molecule has 0 aromatic carbocycles. The Labute approximate surface area is 105 Å². The minimum absolute atomic E-state index is 0.0510. The highest BCUT2D eigenvalue weighted by atomic mass is 32.1. The molecule has 0 saturated heterocycles. The fourth-order valence-electron chi connectivity index (χ4n) is 1.67. The molecule has 2 rings (SSSR count). The van der Waals surface area contributed by atoms with E-state index in [-0.39, 0.29) is 5.92 Å². The van der Waals surface area contributed by atoms with E-state index in [9.17, 15) is 0 Å². The van der Waals surface area contributed by atoms with E-state index in [1.807, 2.05) is 32.0 Å². The topological polar surface area (TPSA) is 49.6 Å². The van der Waals surface area contributed by atoms with Gasteiger partial charge >= 0.3 is 0 Å². The van der Waals surface area contributed by atoms with Crippen molar-refractivity contribution in [2.45, 2.75) is 26.2 Å².